The fourth-order valence-corrected chi connectivity index (χ4v) is 3.97. The fourth-order valence-electron chi connectivity index (χ4n) is 3.81. The van der Waals surface area contributed by atoms with E-state index in [-0.39, 0.29) is 16.9 Å². The molecule has 0 aliphatic heterocycles. The summed E-state index contributed by atoms with van der Waals surface area (Å²) in [6.45, 7) is 1.73. The lowest BCUT2D eigenvalue weighted by atomic mass is 10.1. The second-order valence-corrected chi connectivity index (χ2v) is 9.55. The van der Waals surface area contributed by atoms with Crippen LogP contribution in [-0.2, 0) is 12.6 Å². The first-order chi connectivity index (χ1) is 18.1. The van der Waals surface area contributed by atoms with Crippen molar-refractivity contribution < 1.29 is 18.0 Å². The molecule has 5 rings (SSSR count). The monoisotopic (exact) mass is 535 g/mol. The highest BCUT2D eigenvalue weighted by Gasteiger charge is 2.31. The summed E-state index contributed by atoms with van der Waals surface area (Å²) < 4.78 is 42.1. The van der Waals surface area contributed by atoms with E-state index >= 15 is 0 Å². The number of alkyl halides is 3. The molecule has 0 saturated heterocycles. The lowest BCUT2D eigenvalue weighted by molar-refractivity contribution is -0.137. The van der Waals surface area contributed by atoms with Crippen molar-refractivity contribution >= 4 is 23.2 Å². The lowest BCUT2D eigenvalue weighted by Gasteiger charge is -2.14. The number of hydrogen-bond acceptors (Lipinski definition) is 4. The van der Waals surface area contributed by atoms with Crippen LogP contribution in [-0.4, -0.2) is 25.7 Å². The number of carbonyl (C=O) groups is 1. The minimum atomic E-state index is -4.60. The van der Waals surface area contributed by atoms with Gasteiger partial charge in [-0.05, 0) is 86.6 Å². The third-order valence-corrected chi connectivity index (χ3v) is 6.31. The van der Waals surface area contributed by atoms with Crippen LogP contribution < -0.4 is 5.32 Å². The van der Waals surface area contributed by atoms with E-state index in [4.69, 9.17) is 11.6 Å². The number of rotatable bonds is 5. The van der Waals surface area contributed by atoms with Crippen LogP contribution in [0.15, 0.2) is 61.1 Å². The quantitative estimate of drug-likeness (QED) is 0.307. The summed E-state index contributed by atoms with van der Waals surface area (Å²) in [5.41, 5.74) is 1.88. The molecule has 1 aliphatic carbocycles. The van der Waals surface area contributed by atoms with Crippen molar-refractivity contribution in [1.29, 1.82) is 0 Å². The van der Waals surface area contributed by atoms with E-state index in [1.807, 2.05) is 6.07 Å². The van der Waals surface area contributed by atoms with Crippen molar-refractivity contribution in [2.24, 2.45) is 5.92 Å². The number of nitrogens with zero attached hydrogens (tertiary/aromatic N) is 4. The number of imidazole rings is 1. The Bertz CT molecular complexity index is 1560. The van der Waals surface area contributed by atoms with Gasteiger partial charge in [-0.2, -0.15) is 18.3 Å². The number of halogens is 4. The largest absolute Gasteiger partial charge is 0.416 e. The van der Waals surface area contributed by atoms with E-state index in [0.717, 1.165) is 24.2 Å². The second-order valence-electron chi connectivity index (χ2n) is 9.14. The Kier molecular flexibility index (Phi) is 6.91. The molecule has 1 N–H and O–H groups in total. The van der Waals surface area contributed by atoms with E-state index in [9.17, 15) is 18.0 Å². The molecule has 2 aromatic carbocycles. The standard InChI is InChI=1S/C28H21ClF3N5O/c1-17-15-37(16-33-17)25-13-21(28(30,31)32)12-24(14-25)34-27(38)20-5-9-26(29)19(11-20)4-6-22-7-8-23(36-35-22)10-18-2-3-18/h5,7-9,11-16,18H,2-3,10H2,1H3,(H,34,38). The Hall–Kier alpha value is -4.16. The van der Waals surface area contributed by atoms with Gasteiger partial charge in [0, 0.05) is 28.7 Å². The number of aryl methyl sites for hydroxylation is 1. The smallest absolute Gasteiger partial charge is 0.322 e. The van der Waals surface area contributed by atoms with Gasteiger partial charge in [0.05, 0.1) is 28.3 Å². The minimum Gasteiger partial charge on any atom is -0.322 e. The second kappa shape index (κ2) is 10.3. The molecule has 2 heterocycles. The van der Waals surface area contributed by atoms with Crippen molar-refractivity contribution in [2.45, 2.75) is 32.4 Å². The number of aromatic nitrogens is 4. The fraction of sp³-hybridized carbons (Fsp3) is 0.214. The summed E-state index contributed by atoms with van der Waals surface area (Å²) in [7, 11) is 0. The molecule has 6 nitrogen and oxygen atoms in total. The van der Waals surface area contributed by atoms with Gasteiger partial charge < -0.3 is 9.88 Å². The van der Waals surface area contributed by atoms with Crippen molar-refractivity contribution in [2.75, 3.05) is 5.32 Å². The molecule has 1 fully saturated rings. The van der Waals surface area contributed by atoms with Gasteiger partial charge in [-0.25, -0.2) is 4.98 Å². The molecule has 2 aromatic heterocycles. The number of anilines is 1. The average molecular weight is 536 g/mol. The zero-order valence-electron chi connectivity index (χ0n) is 20.2. The Labute approximate surface area is 221 Å². The van der Waals surface area contributed by atoms with E-state index in [0.29, 0.717) is 27.9 Å². The summed E-state index contributed by atoms with van der Waals surface area (Å²) in [6.07, 6.45) is 1.77. The summed E-state index contributed by atoms with van der Waals surface area (Å²) in [5.74, 6) is 5.88. The molecule has 0 radical (unpaired) electrons. The highest BCUT2D eigenvalue weighted by molar-refractivity contribution is 6.32. The number of carbonyl (C=O) groups excluding carboxylic acids is 1. The van der Waals surface area contributed by atoms with Crippen molar-refractivity contribution in [3.05, 3.63) is 99.8 Å². The Balaban J connectivity index is 1.37. The van der Waals surface area contributed by atoms with Gasteiger partial charge in [0.25, 0.3) is 5.91 Å². The molecular weight excluding hydrogens is 515 g/mol. The lowest BCUT2D eigenvalue weighted by Crippen LogP contribution is -2.14. The molecule has 10 heteroatoms. The van der Waals surface area contributed by atoms with Gasteiger partial charge in [-0.1, -0.05) is 17.5 Å². The van der Waals surface area contributed by atoms with Crippen LogP contribution in [0.4, 0.5) is 18.9 Å². The topological polar surface area (TPSA) is 72.7 Å². The molecule has 0 atom stereocenters. The molecule has 0 bridgehead atoms. The number of benzene rings is 2. The highest BCUT2D eigenvalue weighted by Crippen LogP contribution is 2.33. The molecule has 192 valence electrons. The summed E-state index contributed by atoms with van der Waals surface area (Å²) >= 11 is 6.27. The average Bonchev–Trinajstić information content (AvgIpc) is 3.59. The van der Waals surface area contributed by atoms with Gasteiger partial charge in [0.2, 0.25) is 0 Å². The maximum atomic E-state index is 13.6. The van der Waals surface area contributed by atoms with Gasteiger partial charge in [-0.3, -0.25) is 4.79 Å². The number of nitrogens with one attached hydrogen (secondary N) is 1. The Morgan fingerprint density at radius 3 is 2.58 bits per heavy atom. The van der Waals surface area contributed by atoms with Crippen LogP contribution in [0.25, 0.3) is 5.69 Å². The molecule has 0 spiro atoms. The summed E-state index contributed by atoms with van der Waals surface area (Å²) in [5, 5.41) is 11.2. The van der Waals surface area contributed by atoms with Gasteiger partial charge in [0.15, 0.2) is 0 Å². The van der Waals surface area contributed by atoms with Crippen LogP contribution >= 0.6 is 11.6 Å². The first kappa shape index (κ1) is 25.5. The van der Waals surface area contributed by atoms with Gasteiger partial charge in [0.1, 0.15) is 5.69 Å². The van der Waals surface area contributed by atoms with Crippen molar-refractivity contribution in [3.63, 3.8) is 0 Å². The van der Waals surface area contributed by atoms with Crippen molar-refractivity contribution in [3.8, 4) is 17.5 Å². The first-order valence-corrected chi connectivity index (χ1v) is 12.2. The maximum Gasteiger partial charge on any atom is 0.416 e. The van der Waals surface area contributed by atoms with E-state index in [2.05, 4.69) is 32.3 Å². The summed E-state index contributed by atoms with van der Waals surface area (Å²) in [6, 6.07) is 11.5. The first-order valence-electron chi connectivity index (χ1n) is 11.8. The van der Waals surface area contributed by atoms with Crippen LogP contribution in [0.2, 0.25) is 5.02 Å². The number of hydrogen-bond donors (Lipinski definition) is 1. The predicted octanol–water partition coefficient (Wildman–Crippen LogP) is 6.25. The van der Waals surface area contributed by atoms with Crippen LogP contribution in [0.1, 0.15) is 51.4 Å². The zero-order chi connectivity index (χ0) is 26.9. The Morgan fingerprint density at radius 1 is 1.11 bits per heavy atom. The van der Waals surface area contributed by atoms with Crippen molar-refractivity contribution in [1.82, 2.24) is 19.7 Å². The third kappa shape index (κ3) is 6.21. The van der Waals surface area contributed by atoms with Crippen LogP contribution in [0.5, 0.6) is 0 Å². The molecule has 1 amide bonds. The SMILES string of the molecule is Cc1cn(-c2cc(NC(=O)c3ccc(Cl)c(C#Cc4ccc(CC5CC5)nn4)c3)cc(C(F)(F)F)c2)cn1. The van der Waals surface area contributed by atoms with E-state index in [1.54, 1.807) is 19.2 Å². The maximum absolute atomic E-state index is 13.6. The molecular formula is C28H21ClF3N5O. The highest BCUT2D eigenvalue weighted by atomic mass is 35.5. The van der Waals surface area contributed by atoms with E-state index in [1.165, 1.54) is 48.0 Å². The van der Waals surface area contributed by atoms with Gasteiger partial charge >= 0.3 is 6.18 Å². The van der Waals surface area contributed by atoms with Crippen LogP contribution in [0, 0.1) is 24.7 Å². The predicted molar refractivity (Wildman–Crippen MR) is 137 cm³/mol. The van der Waals surface area contributed by atoms with E-state index < -0.39 is 17.6 Å². The third-order valence-electron chi connectivity index (χ3n) is 5.98. The molecule has 0 unspecified atom stereocenters. The molecule has 4 aromatic rings. The summed E-state index contributed by atoms with van der Waals surface area (Å²) in [4.78, 5) is 17.0. The minimum absolute atomic E-state index is 0.0182. The number of amides is 1. The van der Waals surface area contributed by atoms with Gasteiger partial charge in [-0.15, -0.1) is 5.10 Å². The van der Waals surface area contributed by atoms with Crippen LogP contribution in [0.3, 0.4) is 0 Å². The molecule has 1 saturated carbocycles. The Morgan fingerprint density at radius 2 is 1.92 bits per heavy atom. The molecule has 1 aliphatic rings. The zero-order valence-corrected chi connectivity index (χ0v) is 20.9. The molecule has 38 heavy (non-hydrogen) atoms. The normalized spacial score (nSPS) is 13.1.